The van der Waals surface area contributed by atoms with Crippen molar-refractivity contribution < 1.29 is 4.92 Å². The molecule has 6 nitrogen and oxygen atoms in total. The molecule has 0 atom stereocenters. The maximum atomic E-state index is 10.6. The smallest absolute Gasteiger partial charge is 0.306 e. The lowest BCUT2D eigenvalue weighted by atomic mass is 10.3. The Morgan fingerprint density at radius 3 is 2.59 bits per heavy atom. The summed E-state index contributed by atoms with van der Waals surface area (Å²) in [5, 5.41) is 10.8. The zero-order valence-corrected chi connectivity index (χ0v) is 10.2. The molecule has 17 heavy (non-hydrogen) atoms. The minimum Gasteiger partial charge on any atom is -0.354 e. The van der Waals surface area contributed by atoms with Crippen LogP contribution in [0.15, 0.2) is 12.3 Å². The number of nitro groups is 1. The quantitative estimate of drug-likeness (QED) is 0.591. The van der Waals surface area contributed by atoms with Crippen LogP contribution in [-0.2, 0) is 0 Å². The molecule has 7 heteroatoms. The Morgan fingerprint density at radius 1 is 1.41 bits per heavy atom. The molecular weight excluding hydrogens is 244 g/mol. The van der Waals surface area contributed by atoms with Gasteiger partial charge in [0.25, 0.3) is 0 Å². The maximum absolute atomic E-state index is 10.6. The Kier molecular flexibility index (Phi) is 3.44. The molecule has 0 N–H and O–H groups in total. The monoisotopic (exact) mass is 256 g/mol. The fraction of sp³-hybridized carbons (Fsp3) is 0.500. The lowest BCUT2D eigenvalue weighted by Crippen LogP contribution is -2.44. The number of hydrogen-bond acceptors (Lipinski definition) is 5. The third-order valence-corrected chi connectivity index (χ3v) is 3.15. The summed E-state index contributed by atoms with van der Waals surface area (Å²) >= 11 is 5.85. The minimum atomic E-state index is -0.525. The summed E-state index contributed by atoms with van der Waals surface area (Å²) < 4.78 is 0. The minimum absolute atomic E-state index is 0.138. The number of halogens is 1. The van der Waals surface area contributed by atoms with E-state index in [1.165, 1.54) is 6.20 Å². The Morgan fingerprint density at radius 2 is 2.06 bits per heavy atom. The topological polar surface area (TPSA) is 62.5 Å². The van der Waals surface area contributed by atoms with Gasteiger partial charge in [0.15, 0.2) is 0 Å². The lowest BCUT2D eigenvalue weighted by Gasteiger charge is -2.33. The molecule has 1 aliphatic heterocycles. The first-order chi connectivity index (χ1) is 8.08. The van der Waals surface area contributed by atoms with E-state index in [9.17, 15) is 10.1 Å². The zero-order valence-electron chi connectivity index (χ0n) is 9.47. The van der Waals surface area contributed by atoms with E-state index in [1.54, 1.807) is 6.07 Å². The van der Waals surface area contributed by atoms with Gasteiger partial charge in [-0.3, -0.25) is 10.1 Å². The van der Waals surface area contributed by atoms with Gasteiger partial charge in [-0.15, -0.1) is 0 Å². The second kappa shape index (κ2) is 4.85. The van der Waals surface area contributed by atoms with E-state index in [4.69, 9.17) is 11.6 Å². The number of hydrogen-bond donors (Lipinski definition) is 0. The van der Waals surface area contributed by atoms with Crippen LogP contribution in [-0.4, -0.2) is 48.0 Å². The summed E-state index contributed by atoms with van der Waals surface area (Å²) in [5.41, 5.74) is -0.149. The van der Waals surface area contributed by atoms with Crippen molar-refractivity contribution in [2.45, 2.75) is 0 Å². The molecule has 92 valence electrons. The molecule has 1 aromatic heterocycles. The molecule has 0 unspecified atom stereocenters. The van der Waals surface area contributed by atoms with Crippen LogP contribution in [0.1, 0.15) is 0 Å². The highest BCUT2D eigenvalue weighted by atomic mass is 35.5. The Balaban J connectivity index is 2.17. The highest BCUT2D eigenvalue weighted by Crippen LogP contribution is 2.27. The Hall–Kier alpha value is -1.40. The molecule has 0 radical (unpaired) electrons. The molecule has 0 amide bonds. The summed E-state index contributed by atoms with van der Waals surface area (Å²) in [6.45, 7) is 3.63. The van der Waals surface area contributed by atoms with Gasteiger partial charge in [0.05, 0.1) is 4.92 Å². The van der Waals surface area contributed by atoms with E-state index >= 15 is 0 Å². The van der Waals surface area contributed by atoms with E-state index < -0.39 is 4.92 Å². The van der Waals surface area contributed by atoms with Gasteiger partial charge in [0, 0.05) is 32.2 Å². The Labute approximate surface area is 104 Å². The fourth-order valence-electron chi connectivity index (χ4n) is 1.76. The maximum Gasteiger partial charge on any atom is 0.306 e. The lowest BCUT2D eigenvalue weighted by molar-refractivity contribution is -0.385. The van der Waals surface area contributed by atoms with Gasteiger partial charge in [-0.25, -0.2) is 4.98 Å². The summed E-state index contributed by atoms with van der Waals surface area (Å²) in [5.74, 6) is 0.703. The molecule has 0 saturated carbocycles. The normalized spacial score (nSPS) is 17.2. The third kappa shape index (κ3) is 2.65. The van der Waals surface area contributed by atoms with Crippen LogP contribution in [0.25, 0.3) is 0 Å². The number of likely N-dealkylation sites (N-methyl/N-ethyl adjacent to an activating group) is 1. The summed E-state index contributed by atoms with van der Waals surface area (Å²) in [7, 11) is 2.06. The molecule has 1 aromatic rings. The first-order valence-corrected chi connectivity index (χ1v) is 5.69. The van der Waals surface area contributed by atoms with Gasteiger partial charge in [0.2, 0.25) is 0 Å². The number of pyridine rings is 1. The van der Waals surface area contributed by atoms with Gasteiger partial charge in [-0.1, -0.05) is 11.6 Å². The molecule has 1 aliphatic rings. The number of aromatic nitrogens is 1. The summed E-state index contributed by atoms with van der Waals surface area (Å²) in [6.07, 6.45) is 1.22. The van der Waals surface area contributed by atoms with Crippen LogP contribution in [0.2, 0.25) is 5.02 Å². The molecule has 0 aliphatic carbocycles. The van der Waals surface area contributed by atoms with Crippen molar-refractivity contribution in [2.24, 2.45) is 0 Å². The molecule has 0 aromatic carbocycles. The summed E-state index contributed by atoms with van der Waals surface area (Å²) in [6, 6.07) is 1.56. The van der Waals surface area contributed by atoms with Crippen molar-refractivity contribution in [1.29, 1.82) is 0 Å². The van der Waals surface area contributed by atoms with Crippen molar-refractivity contribution in [1.82, 2.24) is 9.88 Å². The van der Waals surface area contributed by atoms with Crippen molar-refractivity contribution in [2.75, 3.05) is 38.1 Å². The van der Waals surface area contributed by atoms with Gasteiger partial charge < -0.3 is 9.80 Å². The van der Waals surface area contributed by atoms with Crippen molar-refractivity contribution in [3.8, 4) is 0 Å². The van der Waals surface area contributed by atoms with E-state index in [0.717, 1.165) is 26.2 Å². The fourth-order valence-corrected chi connectivity index (χ4v) is 1.97. The highest BCUT2D eigenvalue weighted by Gasteiger charge is 2.19. The Bertz CT molecular complexity index is 432. The van der Waals surface area contributed by atoms with Crippen molar-refractivity contribution in [3.63, 3.8) is 0 Å². The second-order valence-electron chi connectivity index (χ2n) is 4.04. The SMILES string of the molecule is CN1CCN(c2cc(Cl)c([N+](=O)[O-])cn2)CC1. The predicted molar refractivity (Wildman–Crippen MR) is 65.6 cm³/mol. The average Bonchev–Trinajstić information content (AvgIpc) is 2.29. The first kappa shape index (κ1) is 12.1. The molecule has 2 heterocycles. The standard InChI is InChI=1S/C10H13ClN4O2/c1-13-2-4-14(5-3-13)10-6-8(11)9(7-12-10)15(16)17/h6-7H,2-5H2,1H3. The average molecular weight is 257 g/mol. The largest absolute Gasteiger partial charge is 0.354 e. The van der Waals surface area contributed by atoms with Crippen LogP contribution in [0, 0.1) is 10.1 Å². The zero-order chi connectivity index (χ0) is 12.4. The van der Waals surface area contributed by atoms with Crippen LogP contribution >= 0.6 is 11.6 Å². The van der Waals surface area contributed by atoms with Crippen LogP contribution in [0.4, 0.5) is 11.5 Å². The van der Waals surface area contributed by atoms with Crippen LogP contribution < -0.4 is 4.90 Å². The number of anilines is 1. The van der Waals surface area contributed by atoms with Crippen LogP contribution in [0.5, 0.6) is 0 Å². The van der Waals surface area contributed by atoms with Gasteiger partial charge in [-0.2, -0.15) is 0 Å². The van der Waals surface area contributed by atoms with Gasteiger partial charge in [-0.05, 0) is 7.05 Å². The van der Waals surface area contributed by atoms with Crippen molar-refractivity contribution >= 4 is 23.1 Å². The van der Waals surface area contributed by atoms with Gasteiger partial charge in [0.1, 0.15) is 17.0 Å². The highest BCUT2D eigenvalue weighted by molar-refractivity contribution is 6.32. The molecule has 0 spiro atoms. The van der Waals surface area contributed by atoms with Crippen molar-refractivity contribution in [3.05, 3.63) is 27.4 Å². The molecule has 1 saturated heterocycles. The number of nitrogens with zero attached hydrogens (tertiary/aromatic N) is 4. The first-order valence-electron chi connectivity index (χ1n) is 5.31. The molecule has 2 rings (SSSR count). The van der Waals surface area contributed by atoms with E-state index in [2.05, 4.69) is 21.8 Å². The summed E-state index contributed by atoms with van der Waals surface area (Å²) in [4.78, 5) is 18.5. The van der Waals surface area contributed by atoms with E-state index in [1.807, 2.05) is 0 Å². The third-order valence-electron chi connectivity index (χ3n) is 2.84. The van der Waals surface area contributed by atoms with Gasteiger partial charge >= 0.3 is 5.69 Å². The number of rotatable bonds is 2. The number of piperazine rings is 1. The second-order valence-corrected chi connectivity index (χ2v) is 4.45. The van der Waals surface area contributed by atoms with E-state index in [-0.39, 0.29) is 10.7 Å². The predicted octanol–water partition coefficient (Wildman–Crippen LogP) is 1.39. The molecular formula is C10H13ClN4O2. The van der Waals surface area contributed by atoms with Crippen LogP contribution in [0.3, 0.4) is 0 Å². The molecule has 0 bridgehead atoms. The molecule has 1 fully saturated rings. The van der Waals surface area contributed by atoms with E-state index in [0.29, 0.717) is 5.82 Å².